The van der Waals surface area contributed by atoms with Crippen molar-refractivity contribution in [3.8, 4) is 0 Å². The van der Waals surface area contributed by atoms with Crippen LogP contribution in [0.4, 0.5) is 0 Å². The van der Waals surface area contributed by atoms with Gasteiger partial charge in [-0.3, -0.25) is 9.59 Å². The zero-order chi connectivity index (χ0) is 33.1. The molecule has 2 N–H and O–H groups in total. The fourth-order valence-corrected chi connectivity index (χ4v) is 12.9. The number of carbonyl (C=O) groups excluding carboxylic acids is 2. The summed E-state index contributed by atoms with van der Waals surface area (Å²) in [6.45, 7) is 16.8. The number of aliphatic hydroxyl groups excluding tert-OH is 1. The smallest absolute Gasteiger partial charge is 0.244 e. The van der Waals surface area contributed by atoms with Crippen LogP contribution in [-0.4, -0.2) is 22.9 Å². The number of benzene rings is 1. The summed E-state index contributed by atoms with van der Waals surface area (Å²) in [7, 11) is 0. The van der Waals surface area contributed by atoms with Crippen LogP contribution < -0.4 is 5.32 Å². The number of rotatable bonds is 5. The molecule has 5 heteroatoms. The van der Waals surface area contributed by atoms with Crippen LogP contribution in [0.3, 0.4) is 0 Å². The maximum Gasteiger partial charge on any atom is 0.244 e. The SMILES string of the molecule is CC(C)C1=C2[C@H]3CC[C@@H]4[C@@]5(C)CC[C@H](O)C(C)(C)[C@@H]5CC[C@@]4(C)[C@]3(C)CC[C@@]2(C=CC(=O)NC2(c3ccc(Cl)cc3)CC2)CC1=O. The third-order valence-electron chi connectivity index (χ3n) is 15.5. The molecule has 5 saturated carbocycles. The number of aliphatic hydroxyl groups is 1. The van der Waals surface area contributed by atoms with Crippen molar-refractivity contribution < 1.29 is 14.7 Å². The second-order valence-corrected chi connectivity index (χ2v) is 18.6. The van der Waals surface area contributed by atoms with Crippen molar-refractivity contribution in [2.75, 3.05) is 0 Å². The number of allylic oxidation sites excluding steroid dienone is 3. The largest absolute Gasteiger partial charge is 0.393 e. The maximum absolute atomic E-state index is 13.9. The van der Waals surface area contributed by atoms with E-state index < -0.39 is 0 Å². The van der Waals surface area contributed by atoms with Crippen LogP contribution in [0.15, 0.2) is 47.6 Å². The Kier molecular flexibility index (Phi) is 7.48. The average molecular weight is 646 g/mol. The highest BCUT2D eigenvalue weighted by Crippen LogP contribution is 2.76. The Bertz CT molecular complexity index is 1500. The van der Waals surface area contributed by atoms with Crippen molar-refractivity contribution in [2.45, 2.75) is 131 Å². The molecule has 0 aromatic heterocycles. The minimum Gasteiger partial charge on any atom is -0.393 e. The van der Waals surface area contributed by atoms with Gasteiger partial charge in [-0.05, 0) is 144 Å². The first-order valence-corrected chi connectivity index (χ1v) is 18.6. The number of Topliss-reactive ketones (excluding diaryl/α,β-unsaturated/α-hetero) is 1. The number of nitrogens with one attached hydrogen (secondary N) is 1. The summed E-state index contributed by atoms with van der Waals surface area (Å²) in [5.41, 5.74) is 3.30. The summed E-state index contributed by atoms with van der Waals surface area (Å²) in [4.78, 5) is 27.5. The predicted octanol–water partition coefficient (Wildman–Crippen LogP) is 9.34. The zero-order valence-electron chi connectivity index (χ0n) is 29.3. The van der Waals surface area contributed by atoms with Gasteiger partial charge in [-0.2, -0.15) is 0 Å². The van der Waals surface area contributed by atoms with E-state index in [9.17, 15) is 14.7 Å². The Hall–Kier alpha value is -1.91. The van der Waals surface area contributed by atoms with Gasteiger partial charge in [0.25, 0.3) is 0 Å². The molecule has 0 saturated heterocycles. The first-order valence-electron chi connectivity index (χ1n) is 18.3. The minimum absolute atomic E-state index is 0.0585. The molecule has 0 aliphatic heterocycles. The minimum atomic E-state index is -0.365. The topological polar surface area (TPSA) is 66.4 Å². The summed E-state index contributed by atoms with van der Waals surface area (Å²) in [5, 5.41) is 15.1. The fourth-order valence-electron chi connectivity index (χ4n) is 12.7. The monoisotopic (exact) mass is 645 g/mol. The molecule has 1 aromatic rings. The molecule has 0 unspecified atom stereocenters. The van der Waals surface area contributed by atoms with Gasteiger partial charge < -0.3 is 10.4 Å². The van der Waals surface area contributed by atoms with Gasteiger partial charge in [0.1, 0.15) is 0 Å². The molecule has 7 rings (SSSR count). The molecule has 0 radical (unpaired) electrons. The molecule has 1 aromatic carbocycles. The number of halogens is 1. The lowest BCUT2D eigenvalue weighted by atomic mass is 9.33. The van der Waals surface area contributed by atoms with E-state index in [2.05, 4.69) is 59.9 Å². The van der Waals surface area contributed by atoms with Crippen LogP contribution in [0.5, 0.6) is 0 Å². The van der Waals surface area contributed by atoms with Crippen molar-refractivity contribution in [2.24, 2.45) is 50.7 Å². The van der Waals surface area contributed by atoms with Gasteiger partial charge in [0.15, 0.2) is 5.78 Å². The number of amides is 1. The number of ketones is 1. The van der Waals surface area contributed by atoms with Crippen molar-refractivity contribution >= 4 is 23.3 Å². The molecule has 46 heavy (non-hydrogen) atoms. The van der Waals surface area contributed by atoms with Crippen LogP contribution in [0.2, 0.25) is 5.02 Å². The third kappa shape index (κ3) is 4.47. The van der Waals surface area contributed by atoms with Gasteiger partial charge in [-0.15, -0.1) is 0 Å². The summed E-state index contributed by atoms with van der Waals surface area (Å²) >= 11 is 6.14. The molecule has 5 fully saturated rings. The number of hydrogen-bond donors (Lipinski definition) is 2. The number of hydrogen-bond acceptors (Lipinski definition) is 3. The van der Waals surface area contributed by atoms with Crippen molar-refractivity contribution in [3.63, 3.8) is 0 Å². The van der Waals surface area contributed by atoms with E-state index in [-0.39, 0.29) is 50.5 Å². The lowest BCUT2D eigenvalue weighted by Gasteiger charge is -2.72. The normalized spacial score (nSPS) is 42.3. The molecule has 6 aliphatic carbocycles. The van der Waals surface area contributed by atoms with Gasteiger partial charge in [0.2, 0.25) is 5.91 Å². The first-order chi connectivity index (χ1) is 21.5. The van der Waals surface area contributed by atoms with E-state index >= 15 is 0 Å². The van der Waals surface area contributed by atoms with E-state index in [0.29, 0.717) is 35.0 Å². The second kappa shape index (κ2) is 10.5. The average Bonchev–Trinajstić information content (AvgIpc) is 3.69. The van der Waals surface area contributed by atoms with Crippen LogP contribution >= 0.6 is 11.6 Å². The molecule has 6 aliphatic rings. The first kappa shape index (κ1) is 32.6. The number of carbonyl (C=O) groups is 2. The molecular weight excluding hydrogens is 590 g/mol. The second-order valence-electron chi connectivity index (χ2n) is 18.1. The van der Waals surface area contributed by atoms with Crippen molar-refractivity contribution in [3.05, 3.63) is 58.1 Å². The standard InChI is InChI=1S/C41H56ClNO3/c1-25(2)34-29(44)24-40(19-16-33(46)43-41(22-23-41)26-8-10-27(42)11-9-26)21-20-38(6)28(35(34)40)12-13-31-37(5)17-15-32(45)36(3,4)30(37)14-18-39(31,38)7/h8-11,16,19,25,28,30-32,45H,12-15,17-18,20-24H2,1-7H3,(H,43,46)/t28-,30+,31-,32+,37+,38-,39-,40+/m1/s1. The Morgan fingerprint density at radius 3 is 2.24 bits per heavy atom. The van der Waals surface area contributed by atoms with Gasteiger partial charge in [0.05, 0.1) is 11.6 Å². The predicted molar refractivity (Wildman–Crippen MR) is 185 cm³/mol. The Balaban J connectivity index is 1.21. The Morgan fingerprint density at radius 1 is 0.891 bits per heavy atom. The van der Waals surface area contributed by atoms with E-state index in [1.807, 2.05) is 24.3 Å². The molecule has 8 atom stereocenters. The van der Waals surface area contributed by atoms with E-state index in [1.165, 1.54) is 24.8 Å². The lowest BCUT2D eigenvalue weighted by Crippen LogP contribution is -2.65. The lowest BCUT2D eigenvalue weighted by molar-refractivity contribution is -0.227. The Labute approximate surface area is 282 Å². The van der Waals surface area contributed by atoms with Crippen molar-refractivity contribution in [1.29, 1.82) is 0 Å². The number of fused-ring (bicyclic) bond motifs is 7. The summed E-state index contributed by atoms with van der Waals surface area (Å²) in [5.74, 6) is 1.91. The van der Waals surface area contributed by atoms with Crippen LogP contribution in [0.25, 0.3) is 0 Å². The van der Waals surface area contributed by atoms with Crippen molar-refractivity contribution in [1.82, 2.24) is 5.32 Å². The highest BCUT2D eigenvalue weighted by Gasteiger charge is 2.69. The van der Waals surface area contributed by atoms with Gasteiger partial charge in [-0.25, -0.2) is 0 Å². The quantitative estimate of drug-likeness (QED) is 0.314. The highest BCUT2D eigenvalue weighted by atomic mass is 35.5. The highest BCUT2D eigenvalue weighted by molar-refractivity contribution is 6.30. The molecule has 0 spiro atoms. The molecule has 0 bridgehead atoms. The summed E-state index contributed by atoms with van der Waals surface area (Å²) in [6.07, 6.45) is 14.7. The summed E-state index contributed by atoms with van der Waals surface area (Å²) in [6, 6.07) is 7.83. The molecule has 4 nitrogen and oxygen atoms in total. The van der Waals surface area contributed by atoms with E-state index in [0.717, 1.165) is 56.1 Å². The van der Waals surface area contributed by atoms with Crippen LogP contribution in [-0.2, 0) is 15.1 Å². The molecule has 250 valence electrons. The third-order valence-corrected chi connectivity index (χ3v) is 15.8. The van der Waals surface area contributed by atoms with Gasteiger partial charge in [0, 0.05) is 16.9 Å². The molecular formula is C41H56ClNO3. The molecule has 1 amide bonds. The van der Waals surface area contributed by atoms with E-state index in [4.69, 9.17) is 11.6 Å². The van der Waals surface area contributed by atoms with Gasteiger partial charge >= 0.3 is 0 Å². The molecule has 0 heterocycles. The van der Waals surface area contributed by atoms with Gasteiger partial charge in [-0.1, -0.05) is 78.3 Å². The zero-order valence-corrected chi connectivity index (χ0v) is 30.0. The summed E-state index contributed by atoms with van der Waals surface area (Å²) < 4.78 is 0. The fraction of sp³-hybridized carbons (Fsp3) is 0.707. The van der Waals surface area contributed by atoms with Crippen LogP contribution in [0, 0.1) is 50.7 Å². The maximum atomic E-state index is 13.9. The Morgan fingerprint density at radius 2 is 1.59 bits per heavy atom. The van der Waals surface area contributed by atoms with E-state index in [1.54, 1.807) is 6.08 Å². The van der Waals surface area contributed by atoms with Crippen LogP contribution in [0.1, 0.15) is 125 Å².